The number of H-pyrrole nitrogens is 1. The van der Waals surface area contributed by atoms with E-state index >= 15 is 0 Å². The Labute approximate surface area is 245 Å². The summed E-state index contributed by atoms with van der Waals surface area (Å²) in [6.45, 7) is 0.195. The van der Waals surface area contributed by atoms with E-state index in [2.05, 4.69) is 14.7 Å². The van der Waals surface area contributed by atoms with Crippen molar-refractivity contribution in [2.75, 3.05) is 24.9 Å². The van der Waals surface area contributed by atoms with Crippen LogP contribution in [0.4, 0.5) is 11.4 Å². The van der Waals surface area contributed by atoms with Gasteiger partial charge in [-0.25, -0.2) is 0 Å². The van der Waals surface area contributed by atoms with Gasteiger partial charge in [0.1, 0.15) is 22.4 Å². The van der Waals surface area contributed by atoms with Crippen LogP contribution in [0.2, 0.25) is 0 Å². The molecule has 0 bridgehead atoms. The van der Waals surface area contributed by atoms with Crippen molar-refractivity contribution in [2.45, 2.75) is 12.6 Å². The summed E-state index contributed by atoms with van der Waals surface area (Å²) in [4.78, 5) is 44.9. The van der Waals surface area contributed by atoms with Crippen molar-refractivity contribution >= 4 is 51.5 Å². The maximum Gasteiger partial charge on any atom is 0.273 e. The Bertz CT molecular complexity index is 1750. The van der Waals surface area contributed by atoms with Gasteiger partial charge in [-0.1, -0.05) is 30.3 Å². The summed E-state index contributed by atoms with van der Waals surface area (Å²) in [6.07, 6.45) is 1.71. The molecule has 6 N–H and O–H groups in total. The molecule has 3 amide bonds. The Morgan fingerprint density at radius 2 is 1.62 bits per heavy atom. The molecule has 0 aliphatic rings. The van der Waals surface area contributed by atoms with Crippen LogP contribution in [0.3, 0.4) is 0 Å². The van der Waals surface area contributed by atoms with Crippen molar-refractivity contribution in [1.82, 2.24) is 14.7 Å². The van der Waals surface area contributed by atoms with E-state index in [-0.39, 0.29) is 22.8 Å². The number of benzene rings is 3. The number of aromatic nitrogens is 2. The molecule has 42 heavy (non-hydrogen) atoms. The zero-order chi connectivity index (χ0) is 29.8. The Kier molecular flexibility index (Phi) is 8.07. The second-order valence-corrected chi connectivity index (χ2v) is 10.0. The minimum atomic E-state index is -1.15. The number of nitrogen functional groups attached to an aromatic ring is 1. The number of anilines is 2. The number of amides is 3. The summed E-state index contributed by atoms with van der Waals surface area (Å²) in [6, 6.07) is 20.3. The van der Waals surface area contributed by atoms with E-state index in [0.29, 0.717) is 22.7 Å². The molecule has 0 radical (unpaired) electrons. The first-order valence-electron chi connectivity index (χ1n) is 12.8. The molecular weight excluding hydrogens is 556 g/mol. The molecule has 3 aromatic carbocycles. The van der Waals surface area contributed by atoms with Crippen LogP contribution in [0.5, 0.6) is 11.5 Å². The summed E-state index contributed by atoms with van der Waals surface area (Å²) >= 11 is 0.744. The molecule has 5 aromatic rings. The fraction of sp³-hybridized carbons (Fsp3) is 0.133. The molecular formula is C30H28N6O5S. The molecule has 0 aliphatic heterocycles. The minimum absolute atomic E-state index is 0.0209. The van der Waals surface area contributed by atoms with Gasteiger partial charge in [-0.05, 0) is 59.6 Å². The molecule has 2 heterocycles. The van der Waals surface area contributed by atoms with Crippen LogP contribution in [-0.2, 0) is 11.3 Å². The van der Waals surface area contributed by atoms with Gasteiger partial charge >= 0.3 is 0 Å². The van der Waals surface area contributed by atoms with Crippen molar-refractivity contribution in [2.24, 2.45) is 5.73 Å². The van der Waals surface area contributed by atoms with Gasteiger partial charge in [0, 0.05) is 34.9 Å². The van der Waals surface area contributed by atoms with Crippen LogP contribution in [0, 0.1) is 0 Å². The van der Waals surface area contributed by atoms with Crippen LogP contribution in [0.1, 0.15) is 37.3 Å². The summed E-state index contributed by atoms with van der Waals surface area (Å²) in [7, 11) is 3.11. The van der Waals surface area contributed by atoms with E-state index in [1.807, 2.05) is 36.4 Å². The highest BCUT2D eigenvalue weighted by Gasteiger charge is 2.37. The average Bonchev–Trinajstić information content (AvgIpc) is 3.62. The minimum Gasteiger partial charge on any atom is -0.497 e. The first-order valence-corrected chi connectivity index (χ1v) is 13.6. The molecule has 1 atom stereocenters. The van der Waals surface area contributed by atoms with Gasteiger partial charge in [0.2, 0.25) is 5.91 Å². The van der Waals surface area contributed by atoms with E-state index in [9.17, 15) is 14.4 Å². The number of ether oxygens (including phenoxy) is 2. The maximum absolute atomic E-state index is 14.3. The van der Waals surface area contributed by atoms with E-state index < -0.39 is 23.8 Å². The summed E-state index contributed by atoms with van der Waals surface area (Å²) in [5.41, 5.74) is 13.8. The lowest BCUT2D eigenvalue weighted by molar-refractivity contribution is -0.122. The Morgan fingerprint density at radius 1 is 0.976 bits per heavy atom. The lowest BCUT2D eigenvalue weighted by Crippen LogP contribution is -2.44. The number of nitrogens with one attached hydrogen (secondary N) is 2. The molecule has 11 nitrogen and oxygen atoms in total. The molecule has 0 saturated heterocycles. The number of methoxy groups -OCH3 is 2. The molecule has 5 rings (SSSR count). The van der Waals surface area contributed by atoms with Crippen LogP contribution >= 0.6 is 11.5 Å². The third-order valence-corrected chi connectivity index (χ3v) is 7.62. The first-order chi connectivity index (χ1) is 20.3. The van der Waals surface area contributed by atoms with Gasteiger partial charge in [0.25, 0.3) is 11.8 Å². The largest absolute Gasteiger partial charge is 0.497 e. The fourth-order valence-corrected chi connectivity index (χ4v) is 5.35. The van der Waals surface area contributed by atoms with E-state index in [1.165, 1.54) is 12.0 Å². The average molecular weight is 585 g/mol. The van der Waals surface area contributed by atoms with Crippen LogP contribution in [0.25, 0.3) is 10.9 Å². The molecule has 0 fully saturated rings. The number of para-hydroxylation sites is 1. The number of hydrogen-bond donors (Lipinski definition) is 4. The van der Waals surface area contributed by atoms with Crippen molar-refractivity contribution in [3.05, 3.63) is 101 Å². The van der Waals surface area contributed by atoms with E-state index in [1.54, 1.807) is 49.7 Å². The summed E-state index contributed by atoms with van der Waals surface area (Å²) < 4.78 is 14.5. The van der Waals surface area contributed by atoms with Crippen molar-refractivity contribution in [3.8, 4) is 11.5 Å². The number of carbonyl (C=O) groups excluding carboxylic acids is 3. The van der Waals surface area contributed by atoms with Crippen molar-refractivity contribution < 1.29 is 23.9 Å². The number of hydrogen-bond acceptors (Lipinski definition) is 8. The molecule has 0 unspecified atom stereocenters. The lowest BCUT2D eigenvalue weighted by Gasteiger charge is -2.31. The predicted molar refractivity (Wildman–Crippen MR) is 161 cm³/mol. The van der Waals surface area contributed by atoms with Crippen molar-refractivity contribution in [3.63, 3.8) is 0 Å². The monoisotopic (exact) mass is 584 g/mol. The molecule has 0 aliphatic carbocycles. The quantitative estimate of drug-likeness (QED) is 0.192. The lowest BCUT2D eigenvalue weighted by atomic mass is 10.0. The number of nitrogens with two attached hydrogens (primary N) is 2. The number of carbonyl (C=O) groups is 3. The molecule has 0 spiro atoms. The third kappa shape index (κ3) is 5.47. The maximum atomic E-state index is 14.3. The van der Waals surface area contributed by atoms with E-state index in [4.69, 9.17) is 20.9 Å². The van der Waals surface area contributed by atoms with Gasteiger partial charge in [-0.2, -0.15) is 4.37 Å². The number of primary amides is 1. The van der Waals surface area contributed by atoms with Gasteiger partial charge in [0.15, 0.2) is 5.69 Å². The standard InChI is InChI=1S/C30H28N6O5S/c1-40-19-11-7-17(8-12-19)15-34-29(38)26(22-16-33-23-6-4-3-5-21(22)23)36(18-9-13-20(41-2)14-10-18)30(39)27-24(31)25(28(32)37)35-42-27/h3-14,16,26,33H,15,31H2,1-2H3,(H2,32,37)(H,34,38)/t26-/m1/s1. The normalized spacial score (nSPS) is 11.6. The highest BCUT2D eigenvalue weighted by atomic mass is 32.1. The zero-order valence-corrected chi connectivity index (χ0v) is 23.6. The SMILES string of the molecule is COc1ccc(CNC(=O)[C@@H](c2c[nH]c3ccccc23)N(C(=O)c2snc(C(N)=O)c2N)c2ccc(OC)cc2)cc1. The van der Waals surface area contributed by atoms with Gasteiger partial charge in [0.05, 0.1) is 19.9 Å². The second kappa shape index (κ2) is 12.0. The highest BCUT2D eigenvalue weighted by Crippen LogP contribution is 2.36. The van der Waals surface area contributed by atoms with E-state index in [0.717, 1.165) is 28.0 Å². The number of aromatic amines is 1. The first kappa shape index (κ1) is 28.2. The number of nitrogens with zero attached hydrogens (tertiary/aromatic N) is 2. The third-order valence-electron chi connectivity index (χ3n) is 6.77. The predicted octanol–water partition coefficient (Wildman–Crippen LogP) is 4.03. The zero-order valence-electron chi connectivity index (χ0n) is 22.8. The topological polar surface area (TPSA) is 166 Å². The van der Waals surface area contributed by atoms with Gasteiger partial charge < -0.3 is 31.2 Å². The summed E-state index contributed by atoms with van der Waals surface area (Å²) in [5.74, 6) is -0.678. The highest BCUT2D eigenvalue weighted by molar-refractivity contribution is 7.09. The number of fused-ring (bicyclic) bond motifs is 1. The van der Waals surface area contributed by atoms with Crippen LogP contribution in [-0.4, -0.2) is 41.3 Å². The summed E-state index contributed by atoms with van der Waals surface area (Å²) in [5, 5.41) is 3.73. The van der Waals surface area contributed by atoms with Crippen LogP contribution in [0.15, 0.2) is 79.0 Å². The molecule has 214 valence electrons. The molecule has 12 heteroatoms. The fourth-order valence-electron chi connectivity index (χ4n) is 4.61. The second-order valence-electron chi connectivity index (χ2n) is 9.27. The Hall–Kier alpha value is -5.36. The van der Waals surface area contributed by atoms with Gasteiger partial charge in [-0.15, -0.1) is 0 Å². The number of rotatable bonds is 10. The van der Waals surface area contributed by atoms with Crippen LogP contribution < -0.4 is 31.2 Å². The van der Waals surface area contributed by atoms with Gasteiger partial charge in [-0.3, -0.25) is 19.3 Å². The smallest absolute Gasteiger partial charge is 0.273 e. The Morgan fingerprint density at radius 3 is 2.24 bits per heavy atom. The van der Waals surface area contributed by atoms with Crippen molar-refractivity contribution in [1.29, 1.82) is 0 Å². The molecule has 2 aromatic heterocycles. The Balaban J connectivity index is 1.63. The molecule has 0 saturated carbocycles.